The van der Waals surface area contributed by atoms with E-state index >= 15 is 0 Å². The second-order valence-corrected chi connectivity index (χ2v) is 6.56. The van der Waals surface area contributed by atoms with Gasteiger partial charge in [-0.2, -0.15) is 0 Å². The van der Waals surface area contributed by atoms with Crippen molar-refractivity contribution in [3.63, 3.8) is 0 Å². The molecule has 0 amide bonds. The number of benzene rings is 2. The third kappa shape index (κ3) is 4.38. The molecule has 0 radical (unpaired) electrons. The van der Waals surface area contributed by atoms with Gasteiger partial charge in [-0.3, -0.25) is 4.79 Å². The zero-order chi connectivity index (χ0) is 19.4. The normalized spacial score (nSPS) is 10.5. The molecule has 0 saturated heterocycles. The van der Waals surface area contributed by atoms with E-state index in [4.69, 9.17) is 9.47 Å². The van der Waals surface area contributed by atoms with Gasteiger partial charge in [0.25, 0.3) is 0 Å². The molecule has 0 aliphatic rings. The molecule has 5 nitrogen and oxygen atoms in total. The van der Waals surface area contributed by atoms with Crippen LogP contribution in [0.5, 0.6) is 5.75 Å². The monoisotopic (exact) mass is 385 g/mol. The first-order chi connectivity index (χ1) is 13.0. The van der Waals surface area contributed by atoms with Gasteiger partial charge in [-0.15, -0.1) is 11.3 Å². The summed E-state index contributed by atoms with van der Waals surface area (Å²) < 4.78 is 23.6. The molecule has 0 unspecified atom stereocenters. The molecule has 138 valence electrons. The maximum absolute atomic E-state index is 13.0. The molecule has 0 fully saturated rings. The van der Waals surface area contributed by atoms with E-state index in [2.05, 4.69) is 4.98 Å². The summed E-state index contributed by atoms with van der Waals surface area (Å²) in [6.07, 6.45) is 0. The lowest BCUT2D eigenvalue weighted by atomic mass is 10.1. The van der Waals surface area contributed by atoms with Crippen LogP contribution in [0.25, 0.3) is 10.6 Å². The van der Waals surface area contributed by atoms with E-state index in [9.17, 15) is 14.0 Å². The van der Waals surface area contributed by atoms with Gasteiger partial charge in [0, 0.05) is 22.1 Å². The number of halogens is 1. The van der Waals surface area contributed by atoms with E-state index in [0.717, 1.165) is 5.56 Å². The lowest BCUT2D eigenvalue weighted by molar-refractivity contribution is 0.0464. The van der Waals surface area contributed by atoms with Gasteiger partial charge < -0.3 is 9.47 Å². The molecule has 0 atom stereocenters. The largest absolute Gasteiger partial charge is 0.496 e. The zero-order valence-electron chi connectivity index (χ0n) is 14.7. The highest BCUT2D eigenvalue weighted by Crippen LogP contribution is 2.25. The highest BCUT2D eigenvalue weighted by atomic mass is 32.1. The number of carbonyl (C=O) groups excluding carboxylic acids is 2. The van der Waals surface area contributed by atoms with Gasteiger partial charge in [-0.1, -0.05) is 0 Å². The average molecular weight is 385 g/mol. The Hall–Kier alpha value is -3.06. The Labute approximate surface area is 159 Å². The predicted molar refractivity (Wildman–Crippen MR) is 99.6 cm³/mol. The van der Waals surface area contributed by atoms with Crippen molar-refractivity contribution in [2.24, 2.45) is 0 Å². The molecule has 0 aliphatic heterocycles. The fourth-order valence-corrected chi connectivity index (χ4v) is 3.22. The maximum atomic E-state index is 13.0. The number of thiazole rings is 1. The summed E-state index contributed by atoms with van der Waals surface area (Å²) in [6, 6.07) is 10.8. The minimum absolute atomic E-state index is 0.0491. The second kappa shape index (κ2) is 8.09. The van der Waals surface area contributed by atoms with E-state index in [1.165, 1.54) is 37.5 Å². The fourth-order valence-electron chi connectivity index (χ4n) is 2.42. The SMILES string of the molecule is COc1ccc(C(C)=O)cc1COC(=O)c1csc(-c2ccc(F)cc2)n1. The van der Waals surface area contributed by atoms with Crippen LogP contribution >= 0.6 is 11.3 Å². The minimum atomic E-state index is -0.588. The number of esters is 1. The minimum Gasteiger partial charge on any atom is -0.496 e. The van der Waals surface area contributed by atoms with E-state index in [1.54, 1.807) is 35.7 Å². The Bertz CT molecular complexity index is 982. The Balaban J connectivity index is 1.72. The molecule has 0 saturated carbocycles. The summed E-state index contributed by atoms with van der Waals surface area (Å²) in [5.74, 6) is -0.488. The highest BCUT2D eigenvalue weighted by molar-refractivity contribution is 7.13. The van der Waals surface area contributed by atoms with Crippen molar-refractivity contribution < 1.29 is 23.5 Å². The number of aromatic nitrogens is 1. The van der Waals surface area contributed by atoms with Gasteiger partial charge in [0.15, 0.2) is 11.5 Å². The number of ether oxygens (including phenoxy) is 2. The summed E-state index contributed by atoms with van der Waals surface area (Å²) >= 11 is 1.27. The van der Waals surface area contributed by atoms with Crippen molar-refractivity contribution in [2.45, 2.75) is 13.5 Å². The van der Waals surface area contributed by atoms with Crippen LogP contribution in [0.3, 0.4) is 0 Å². The molecule has 0 N–H and O–H groups in total. The molecule has 3 aromatic rings. The molecule has 3 rings (SSSR count). The molecular formula is C20H16FNO4S. The lowest BCUT2D eigenvalue weighted by Gasteiger charge is -2.10. The van der Waals surface area contributed by atoms with Crippen molar-refractivity contribution in [3.05, 3.63) is 70.5 Å². The number of methoxy groups -OCH3 is 1. The van der Waals surface area contributed by atoms with Crippen LogP contribution in [0, 0.1) is 5.82 Å². The number of Topliss-reactive ketones (excluding diaryl/α,β-unsaturated/α-hetero) is 1. The predicted octanol–water partition coefficient (Wildman–Crippen LogP) is 4.52. The van der Waals surface area contributed by atoms with Crippen LogP contribution in [-0.2, 0) is 11.3 Å². The van der Waals surface area contributed by atoms with Crippen LogP contribution in [0.1, 0.15) is 33.3 Å². The fraction of sp³-hybridized carbons (Fsp3) is 0.150. The number of ketones is 1. The van der Waals surface area contributed by atoms with E-state index < -0.39 is 5.97 Å². The van der Waals surface area contributed by atoms with Gasteiger partial charge in [0.1, 0.15) is 23.2 Å². The van der Waals surface area contributed by atoms with Crippen molar-refractivity contribution in [1.82, 2.24) is 4.98 Å². The molecule has 27 heavy (non-hydrogen) atoms. The Kier molecular flexibility index (Phi) is 5.61. The first-order valence-corrected chi connectivity index (χ1v) is 8.92. The Morgan fingerprint density at radius 2 is 1.89 bits per heavy atom. The number of nitrogens with zero attached hydrogens (tertiary/aromatic N) is 1. The summed E-state index contributed by atoms with van der Waals surface area (Å²) in [7, 11) is 1.50. The van der Waals surface area contributed by atoms with Crippen molar-refractivity contribution in [3.8, 4) is 16.3 Å². The van der Waals surface area contributed by atoms with Gasteiger partial charge in [-0.25, -0.2) is 14.2 Å². The number of hydrogen-bond donors (Lipinski definition) is 0. The van der Waals surface area contributed by atoms with Gasteiger partial charge in [0.2, 0.25) is 0 Å². The van der Waals surface area contributed by atoms with Crippen molar-refractivity contribution in [2.75, 3.05) is 7.11 Å². The number of hydrogen-bond acceptors (Lipinski definition) is 6. The molecule has 1 heterocycles. The lowest BCUT2D eigenvalue weighted by Crippen LogP contribution is -2.07. The molecule has 2 aromatic carbocycles. The van der Waals surface area contributed by atoms with Crippen molar-refractivity contribution in [1.29, 1.82) is 0 Å². The molecule has 1 aromatic heterocycles. The second-order valence-electron chi connectivity index (χ2n) is 5.70. The Morgan fingerprint density at radius 3 is 2.56 bits per heavy atom. The third-order valence-corrected chi connectivity index (χ3v) is 4.74. The summed E-state index contributed by atoms with van der Waals surface area (Å²) in [6.45, 7) is 1.41. The van der Waals surface area contributed by atoms with Crippen LogP contribution < -0.4 is 4.74 Å². The van der Waals surface area contributed by atoms with E-state index in [0.29, 0.717) is 21.9 Å². The molecule has 0 bridgehead atoms. The van der Waals surface area contributed by atoms with Crippen LogP contribution in [0.15, 0.2) is 47.8 Å². The highest BCUT2D eigenvalue weighted by Gasteiger charge is 2.15. The van der Waals surface area contributed by atoms with Crippen molar-refractivity contribution >= 4 is 23.1 Å². The molecular weight excluding hydrogens is 369 g/mol. The molecule has 0 spiro atoms. The summed E-state index contributed by atoms with van der Waals surface area (Å²) in [5, 5.41) is 2.18. The number of rotatable bonds is 6. The van der Waals surface area contributed by atoms with Crippen LogP contribution in [0.4, 0.5) is 4.39 Å². The topological polar surface area (TPSA) is 65.5 Å². The first kappa shape index (κ1) is 18.7. The quantitative estimate of drug-likeness (QED) is 0.461. The van der Waals surface area contributed by atoms with E-state index in [1.807, 2.05) is 0 Å². The third-order valence-electron chi connectivity index (χ3n) is 3.85. The van der Waals surface area contributed by atoms with Crippen LogP contribution in [-0.4, -0.2) is 23.8 Å². The Morgan fingerprint density at radius 1 is 1.15 bits per heavy atom. The van der Waals surface area contributed by atoms with Gasteiger partial charge in [-0.05, 0) is 49.4 Å². The summed E-state index contributed by atoms with van der Waals surface area (Å²) in [4.78, 5) is 28.1. The summed E-state index contributed by atoms with van der Waals surface area (Å²) in [5.41, 5.74) is 1.99. The van der Waals surface area contributed by atoms with Crippen LogP contribution in [0.2, 0.25) is 0 Å². The van der Waals surface area contributed by atoms with Gasteiger partial charge in [0.05, 0.1) is 7.11 Å². The average Bonchev–Trinajstić information content (AvgIpc) is 3.16. The standard InChI is InChI=1S/C20H16FNO4S/c1-12(23)14-5-8-18(25-2)15(9-14)10-26-20(24)17-11-27-19(22-17)13-3-6-16(21)7-4-13/h3-9,11H,10H2,1-2H3. The maximum Gasteiger partial charge on any atom is 0.358 e. The molecule has 0 aliphatic carbocycles. The number of carbonyl (C=O) groups is 2. The van der Waals surface area contributed by atoms with E-state index in [-0.39, 0.29) is 23.9 Å². The first-order valence-electron chi connectivity index (χ1n) is 8.04. The zero-order valence-corrected chi connectivity index (χ0v) is 15.5. The van der Waals surface area contributed by atoms with Gasteiger partial charge >= 0.3 is 5.97 Å². The smallest absolute Gasteiger partial charge is 0.358 e. The molecule has 7 heteroatoms.